The van der Waals surface area contributed by atoms with Crippen LogP contribution in [0.15, 0.2) is 85.3 Å². The number of hydrogen-bond donors (Lipinski definition) is 1. The van der Waals surface area contributed by atoms with Gasteiger partial charge in [-0.1, -0.05) is 18.2 Å². The molecule has 0 radical (unpaired) electrons. The first-order valence-corrected chi connectivity index (χ1v) is 8.79. The summed E-state index contributed by atoms with van der Waals surface area (Å²) in [4.78, 5) is 16.3. The number of carbonyl (C=O) groups excluding carboxylic acids is 1. The molecule has 0 aliphatic rings. The molecule has 0 bridgehead atoms. The zero-order chi connectivity index (χ0) is 19.3. The summed E-state index contributed by atoms with van der Waals surface area (Å²) in [7, 11) is 0. The fraction of sp³-hybridized carbons (Fsp3) is 0.0455. The quantitative estimate of drug-likeness (QED) is 0.576. The van der Waals surface area contributed by atoms with Crippen molar-refractivity contribution >= 4 is 5.91 Å². The summed E-state index contributed by atoms with van der Waals surface area (Å²) < 4.78 is 15.1. The first-order valence-electron chi connectivity index (χ1n) is 8.79. The van der Waals surface area contributed by atoms with Crippen LogP contribution in [0.3, 0.4) is 0 Å². The number of nitrogens with zero attached hydrogens (tertiary/aromatic N) is 3. The summed E-state index contributed by atoms with van der Waals surface area (Å²) in [6.07, 6.45) is 5.01. The summed E-state index contributed by atoms with van der Waals surface area (Å²) in [6, 6.07) is 19.3. The molecule has 28 heavy (non-hydrogen) atoms. The number of halogens is 1. The van der Waals surface area contributed by atoms with Crippen molar-refractivity contribution in [3.8, 4) is 16.9 Å². The van der Waals surface area contributed by atoms with Gasteiger partial charge in [-0.25, -0.2) is 9.07 Å². The monoisotopic (exact) mass is 372 g/mol. The van der Waals surface area contributed by atoms with Gasteiger partial charge in [0.1, 0.15) is 5.82 Å². The van der Waals surface area contributed by atoms with Gasteiger partial charge in [0.25, 0.3) is 5.91 Å². The molecule has 4 rings (SSSR count). The van der Waals surface area contributed by atoms with Gasteiger partial charge in [-0.15, -0.1) is 0 Å². The van der Waals surface area contributed by atoms with Crippen molar-refractivity contribution in [3.63, 3.8) is 0 Å². The molecule has 0 saturated carbocycles. The number of benzene rings is 2. The first-order chi connectivity index (χ1) is 13.7. The molecule has 0 atom stereocenters. The minimum atomic E-state index is -0.308. The SMILES string of the molecule is O=C(NCc1cn(-c2ccccc2)nc1-c1ccc(F)cc1)c1cccnc1. The average molecular weight is 372 g/mol. The second-order valence-corrected chi connectivity index (χ2v) is 6.21. The Morgan fingerprint density at radius 2 is 1.79 bits per heavy atom. The van der Waals surface area contributed by atoms with Crippen LogP contribution in [-0.2, 0) is 6.54 Å². The molecule has 0 fully saturated rings. The summed E-state index contributed by atoms with van der Waals surface area (Å²) in [6.45, 7) is 0.285. The maximum absolute atomic E-state index is 13.3. The van der Waals surface area contributed by atoms with E-state index >= 15 is 0 Å². The Morgan fingerprint density at radius 3 is 2.50 bits per heavy atom. The van der Waals surface area contributed by atoms with E-state index in [1.165, 1.54) is 18.3 Å². The molecule has 0 saturated heterocycles. The Balaban J connectivity index is 1.65. The van der Waals surface area contributed by atoms with Crippen LogP contribution in [0.4, 0.5) is 4.39 Å². The highest BCUT2D eigenvalue weighted by atomic mass is 19.1. The van der Waals surface area contributed by atoms with Crippen molar-refractivity contribution in [1.82, 2.24) is 20.1 Å². The summed E-state index contributed by atoms with van der Waals surface area (Å²) in [5.41, 5.74) is 3.68. The van der Waals surface area contributed by atoms with E-state index < -0.39 is 0 Å². The number of amides is 1. The molecule has 2 heterocycles. The van der Waals surface area contributed by atoms with Gasteiger partial charge in [0.2, 0.25) is 0 Å². The van der Waals surface area contributed by atoms with Gasteiger partial charge in [0, 0.05) is 36.3 Å². The Labute approximate surface area is 161 Å². The number of carbonyl (C=O) groups is 1. The lowest BCUT2D eigenvalue weighted by Crippen LogP contribution is -2.22. The van der Waals surface area contributed by atoms with Crippen LogP contribution in [0.2, 0.25) is 0 Å². The highest BCUT2D eigenvalue weighted by Crippen LogP contribution is 2.24. The van der Waals surface area contributed by atoms with Gasteiger partial charge in [-0.2, -0.15) is 5.10 Å². The number of hydrogen-bond acceptors (Lipinski definition) is 3. The number of rotatable bonds is 5. The van der Waals surface area contributed by atoms with Crippen molar-refractivity contribution in [1.29, 1.82) is 0 Å². The maximum atomic E-state index is 13.3. The largest absolute Gasteiger partial charge is 0.348 e. The predicted octanol–water partition coefficient (Wildman–Crippen LogP) is 4.00. The molecular formula is C22H17FN4O. The van der Waals surface area contributed by atoms with Gasteiger partial charge in [-0.3, -0.25) is 9.78 Å². The van der Waals surface area contributed by atoms with E-state index in [0.717, 1.165) is 16.8 Å². The highest BCUT2D eigenvalue weighted by Gasteiger charge is 2.14. The molecule has 0 aliphatic heterocycles. The van der Waals surface area contributed by atoms with E-state index in [2.05, 4.69) is 15.4 Å². The molecular weight excluding hydrogens is 355 g/mol. The normalized spacial score (nSPS) is 10.6. The van der Waals surface area contributed by atoms with Gasteiger partial charge in [0.05, 0.1) is 16.9 Å². The maximum Gasteiger partial charge on any atom is 0.253 e. The number of para-hydroxylation sites is 1. The molecule has 0 aliphatic carbocycles. The van der Waals surface area contributed by atoms with Crippen LogP contribution < -0.4 is 5.32 Å². The van der Waals surface area contributed by atoms with Crippen LogP contribution in [0, 0.1) is 5.82 Å². The second-order valence-electron chi connectivity index (χ2n) is 6.21. The van der Waals surface area contributed by atoms with Crippen molar-refractivity contribution in [2.24, 2.45) is 0 Å². The van der Waals surface area contributed by atoms with Gasteiger partial charge in [0.15, 0.2) is 0 Å². The number of nitrogens with one attached hydrogen (secondary N) is 1. The number of pyridine rings is 1. The summed E-state index contributed by atoms with van der Waals surface area (Å²) >= 11 is 0. The topological polar surface area (TPSA) is 59.8 Å². The molecule has 138 valence electrons. The van der Waals surface area contributed by atoms with Crippen molar-refractivity contribution in [3.05, 3.63) is 102 Å². The summed E-state index contributed by atoms with van der Waals surface area (Å²) in [5.74, 6) is -0.525. The minimum absolute atomic E-state index is 0.217. The van der Waals surface area contributed by atoms with Crippen molar-refractivity contribution < 1.29 is 9.18 Å². The van der Waals surface area contributed by atoms with E-state index in [0.29, 0.717) is 11.3 Å². The summed E-state index contributed by atoms with van der Waals surface area (Å²) in [5, 5.41) is 7.56. The van der Waals surface area contributed by atoms with Crippen LogP contribution >= 0.6 is 0 Å². The smallest absolute Gasteiger partial charge is 0.253 e. The van der Waals surface area contributed by atoms with E-state index in [1.54, 1.807) is 35.1 Å². The molecule has 2 aromatic carbocycles. The fourth-order valence-electron chi connectivity index (χ4n) is 2.88. The third kappa shape index (κ3) is 3.81. The van der Waals surface area contributed by atoms with Crippen LogP contribution in [0.5, 0.6) is 0 Å². The lowest BCUT2D eigenvalue weighted by Gasteiger charge is -2.05. The molecule has 0 spiro atoms. The fourth-order valence-corrected chi connectivity index (χ4v) is 2.88. The zero-order valence-electron chi connectivity index (χ0n) is 14.9. The molecule has 0 unspecified atom stereocenters. The van der Waals surface area contributed by atoms with Gasteiger partial charge >= 0.3 is 0 Å². The van der Waals surface area contributed by atoms with Crippen molar-refractivity contribution in [2.45, 2.75) is 6.54 Å². The Bertz CT molecular complexity index is 1080. The van der Waals surface area contributed by atoms with Crippen LogP contribution in [0.25, 0.3) is 16.9 Å². The molecule has 2 aromatic heterocycles. The molecule has 5 nitrogen and oxygen atoms in total. The Hall–Kier alpha value is -3.80. The molecule has 6 heteroatoms. The van der Waals surface area contributed by atoms with E-state index in [9.17, 15) is 9.18 Å². The second kappa shape index (κ2) is 7.84. The lowest BCUT2D eigenvalue weighted by atomic mass is 10.1. The predicted molar refractivity (Wildman–Crippen MR) is 104 cm³/mol. The lowest BCUT2D eigenvalue weighted by molar-refractivity contribution is 0.0950. The van der Waals surface area contributed by atoms with E-state index in [1.807, 2.05) is 36.5 Å². The highest BCUT2D eigenvalue weighted by molar-refractivity contribution is 5.93. The molecule has 1 N–H and O–H groups in total. The van der Waals surface area contributed by atoms with Gasteiger partial charge in [-0.05, 0) is 48.5 Å². The molecule has 1 amide bonds. The average Bonchev–Trinajstić information content (AvgIpc) is 3.18. The Morgan fingerprint density at radius 1 is 1.00 bits per heavy atom. The standard InChI is InChI=1S/C22H17FN4O/c23-19-10-8-16(9-11-19)21-18(14-25-22(28)17-5-4-12-24-13-17)15-27(26-21)20-6-2-1-3-7-20/h1-13,15H,14H2,(H,25,28). The number of aromatic nitrogens is 3. The van der Waals surface area contributed by atoms with Crippen molar-refractivity contribution in [2.75, 3.05) is 0 Å². The Kier molecular flexibility index (Phi) is 4.93. The first kappa shape index (κ1) is 17.6. The third-order valence-electron chi connectivity index (χ3n) is 4.29. The van der Waals surface area contributed by atoms with Crippen LogP contribution in [0.1, 0.15) is 15.9 Å². The van der Waals surface area contributed by atoms with Crippen LogP contribution in [-0.4, -0.2) is 20.7 Å². The zero-order valence-corrected chi connectivity index (χ0v) is 14.9. The van der Waals surface area contributed by atoms with Gasteiger partial charge < -0.3 is 5.32 Å². The van der Waals surface area contributed by atoms with E-state index in [4.69, 9.17) is 0 Å². The van der Waals surface area contributed by atoms with E-state index in [-0.39, 0.29) is 18.3 Å². The minimum Gasteiger partial charge on any atom is -0.348 e. The third-order valence-corrected chi connectivity index (χ3v) is 4.29. The molecule has 4 aromatic rings.